The average molecular weight is 430 g/mol. The highest BCUT2D eigenvalue weighted by atomic mass is 32.2. The first-order valence-electron chi connectivity index (χ1n) is 9.69. The van der Waals surface area contributed by atoms with E-state index in [0.29, 0.717) is 25.3 Å². The van der Waals surface area contributed by atoms with Gasteiger partial charge in [-0.3, -0.25) is 14.5 Å². The molecule has 2 aromatic rings. The molecule has 0 unspecified atom stereocenters. The zero-order valence-corrected chi connectivity index (χ0v) is 17.4. The molecular formula is C20H23N5O4S. The lowest BCUT2D eigenvalue weighted by molar-refractivity contribution is -0.122. The molecule has 2 aliphatic heterocycles. The van der Waals surface area contributed by atoms with Gasteiger partial charge in [-0.05, 0) is 36.8 Å². The summed E-state index contributed by atoms with van der Waals surface area (Å²) >= 11 is 0. The number of nitrogens with one attached hydrogen (secondary N) is 2. The number of hydrogen-bond acceptors (Lipinski definition) is 7. The van der Waals surface area contributed by atoms with Crippen molar-refractivity contribution < 1.29 is 17.9 Å². The molecular weight excluding hydrogens is 406 g/mol. The fourth-order valence-corrected chi connectivity index (χ4v) is 4.59. The number of carbonyl (C=O) groups is 1. The second-order valence-corrected chi connectivity index (χ2v) is 8.75. The first kappa shape index (κ1) is 20.3. The molecule has 0 saturated carbocycles. The molecule has 0 spiro atoms. The molecule has 0 radical (unpaired) electrons. The Morgan fingerprint density at radius 1 is 1.30 bits per heavy atom. The molecule has 2 aliphatic rings. The van der Waals surface area contributed by atoms with Gasteiger partial charge in [0.25, 0.3) is 10.0 Å². The van der Waals surface area contributed by atoms with Gasteiger partial charge in [-0.1, -0.05) is 12.1 Å². The van der Waals surface area contributed by atoms with E-state index in [9.17, 15) is 13.2 Å². The van der Waals surface area contributed by atoms with Gasteiger partial charge in [0.05, 0.1) is 18.1 Å². The Labute approximate surface area is 175 Å². The van der Waals surface area contributed by atoms with Gasteiger partial charge in [-0.25, -0.2) is 13.4 Å². The summed E-state index contributed by atoms with van der Waals surface area (Å²) in [6.07, 6.45) is 1.72. The minimum atomic E-state index is -3.63. The summed E-state index contributed by atoms with van der Waals surface area (Å²) in [5, 5.41) is 2.85. The van der Waals surface area contributed by atoms with E-state index in [1.54, 1.807) is 31.3 Å². The third kappa shape index (κ3) is 4.29. The van der Waals surface area contributed by atoms with Crippen LogP contribution in [0.5, 0.6) is 0 Å². The molecule has 0 aliphatic carbocycles. The second kappa shape index (κ2) is 8.41. The van der Waals surface area contributed by atoms with Crippen molar-refractivity contribution in [1.29, 1.82) is 0 Å². The molecule has 1 atom stereocenters. The average Bonchev–Trinajstić information content (AvgIpc) is 3.03. The molecule has 9 nitrogen and oxygen atoms in total. The monoisotopic (exact) mass is 429 g/mol. The van der Waals surface area contributed by atoms with E-state index in [1.807, 2.05) is 12.1 Å². The number of hydrogen-bond donors (Lipinski definition) is 2. The quantitative estimate of drug-likeness (QED) is 0.722. The Bertz CT molecular complexity index is 1080. The summed E-state index contributed by atoms with van der Waals surface area (Å²) in [7, 11) is -3.63. The van der Waals surface area contributed by atoms with E-state index < -0.39 is 16.1 Å². The minimum absolute atomic E-state index is 0.170. The van der Waals surface area contributed by atoms with Crippen molar-refractivity contribution in [3.05, 3.63) is 53.7 Å². The van der Waals surface area contributed by atoms with Crippen molar-refractivity contribution in [3.8, 4) is 0 Å². The number of pyridine rings is 1. The SMILES string of the molecule is C[C@H](N=C1NS(=O)(=O)c2ccccc21)C(=O)NCc1ccnc(N2CCOCC2)c1. The molecule has 1 aromatic carbocycles. The van der Waals surface area contributed by atoms with Gasteiger partial charge in [0.2, 0.25) is 5.91 Å². The van der Waals surface area contributed by atoms with Crippen LogP contribution >= 0.6 is 0 Å². The van der Waals surface area contributed by atoms with E-state index in [1.165, 1.54) is 6.07 Å². The highest BCUT2D eigenvalue weighted by Gasteiger charge is 2.31. The number of aromatic nitrogens is 1. The van der Waals surface area contributed by atoms with Crippen molar-refractivity contribution in [2.45, 2.75) is 24.4 Å². The van der Waals surface area contributed by atoms with Crippen molar-refractivity contribution >= 4 is 27.6 Å². The molecule has 3 heterocycles. The Morgan fingerprint density at radius 2 is 2.07 bits per heavy atom. The summed E-state index contributed by atoms with van der Waals surface area (Å²) < 4.78 is 32.1. The number of sulfonamides is 1. The van der Waals surface area contributed by atoms with Gasteiger partial charge in [0.1, 0.15) is 17.7 Å². The summed E-state index contributed by atoms with van der Waals surface area (Å²) in [5.74, 6) is 0.748. The number of aliphatic imine (C=N–C) groups is 1. The standard InChI is InChI=1S/C20H23N5O4S/c1-14(23-19-16-4-2-3-5-17(16)30(27,28)24-19)20(26)22-13-15-6-7-21-18(12-15)25-8-10-29-11-9-25/h2-7,12,14H,8-11,13H2,1H3,(H,22,26)(H,23,24)/t14-/m0/s1. The predicted molar refractivity (Wildman–Crippen MR) is 112 cm³/mol. The fraction of sp³-hybridized carbons (Fsp3) is 0.350. The Kier molecular flexibility index (Phi) is 5.69. The summed E-state index contributed by atoms with van der Waals surface area (Å²) in [4.78, 5) is 23.5. The largest absolute Gasteiger partial charge is 0.378 e. The van der Waals surface area contributed by atoms with Gasteiger partial charge >= 0.3 is 0 Å². The lowest BCUT2D eigenvalue weighted by atomic mass is 10.2. The van der Waals surface area contributed by atoms with Crippen molar-refractivity contribution in [2.75, 3.05) is 31.2 Å². The lowest BCUT2D eigenvalue weighted by Crippen LogP contribution is -2.37. The van der Waals surface area contributed by atoms with Gasteiger partial charge < -0.3 is 15.0 Å². The van der Waals surface area contributed by atoms with E-state index >= 15 is 0 Å². The molecule has 0 bridgehead atoms. The lowest BCUT2D eigenvalue weighted by Gasteiger charge is -2.28. The first-order chi connectivity index (χ1) is 14.4. The van der Waals surface area contributed by atoms with Crippen LogP contribution < -0.4 is 14.9 Å². The van der Waals surface area contributed by atoms with Crippen molar-refractivity contribution in [3.63, 3.8) is 0 Å². The van der Waals surface area contributed by atoms with Crippen LogP contribution in [0.15, 0.2) is 52.5 Å². The zero-order valence-electron chi connectivity index (χ0n) is 16.5. The van der Waals surface area contributed by atoms with E-state index in [0.717, 1.165) is 24.5 Å². The summed E-state index contributed by atoms with van der Waals surface area (Å²) in [5.41, 5.74) is 1.40. The molecule has 1 fully saturated rings. The fourth-order valence-electron chi connectivity index (χ4n) is 3.35. The van der Waals surface area contributed by atoms with Crippen LogP contribution in [0, 0.1) is 0 Å². The molecule has 1 aromatic heterocycles. The van der Waals surface area contributed by atoms with Crippen LogP contribution in [0.1, 0.15) is 18.1 Å². The molecule has 30 heavy (non-hydrogen) atoms. The Hall–Kier alpha value is -2.98. The molecule has 1 amide bonds. The van der Waals surface area contributed by atoms with Crippen LogP contribution in [-0.2, 0) is 26.1 Å². The highest BCUT2D eigenvalue weighted by molar-refractivity contribution is 7.90. The van der Waals surface area contributed by atoms with Crippen LogP contribution in [0.3, 0.4) is 0 Å². The number of ether oxygens (including phenoxy) is 1. The molecule has 1 saturated heterocycles. The number of benzene rings is 1. The number of nitrogens with zero attached hydrogens (tertiary/aromatic N) is 3. The Morgan fingerprint density at radius 3 is 2.87 bits per heavy atom. The highest BCUT2D eigenvalue weighted by Crippen LogP contribution is 2.22. The maximum Gasteiger partial charge on any atom is 0.263 e. The number of fused-ring (bicyclic) bond motifs is 1. The van der Waals surface area contributed by atoms with Crippen LogP contribution in [0.4, 0.5) is 5.82 Å². The number of morpholine rings is 1. The predicted octanol–water partition coefficient (Wildman–Crippen LogP) is 0.662. The normalized spacial score (nSPS) is 19.8. The molecule has 158 valence electrons. The third-order valence-electron chi connectivity index (χ3n) is 4.98. The first-order valence-corrected chi connectivity index (χ1v) is 11.2. The van der Waals surface area contributed by atoms with Gasteiger partial charge in [-0.15, -0.1) is 0 Å². The zero-order chi connectivity index (χ0) is 21.1. The number of rotatable bonds is 5. The van der Waals surface area contributed by atoms with Crippen molar-refractivity contribution in [1.82, 2.24) is 15.0 Å². The van der Waals surface area contributed by atoms with Crippen molar-refractivity contribution in [2.24, 2.45) is 4.99 Å². The van der Waals surface area contributed by atoms with Crippen LogP contribution in [0.25, 0.3) is 0 Å². The van der Waals surface area contributed by atoms with Gasteiger partial charge in [0.15, 0.2) is 0 Å². The van der Waals surface area contributed by atoms with Crippen LogP contribution in [0.2, 0.25) is 0 Å². The summed E-state index contributed by atoms with van der Waals surface area (Å²) in [6.45, 7) is 4.88. The van der Waals surface area contributed by atoms with Gasteiger partial charge in [0, 0.05) is 31.4 Å². The topological polar surface area (TPSA) is 113 Å². The number of carbonyl (C=O) groups excluding carboxylic acids is 1. The number of amides is 1. The van der Waals surface area contributed by atoms with Crippen LogP contribution in [-0.4, -0.2) is 57.5 Å². The summed E-state index contributed by atoms with van der Waals surface area (Å²) in [6, 6.07) is 9.61. The van der Waals surface area contributed by atoms with Gasteiger partial charge in [-0.2, -0.15) is 0 Å². The number of amidine groups is 1. The smallest absolute Gasteiger partial charge is 0.263 e. The second-order valence-electron chi connectivity index (χ2n) is 7.09. The molecule has 10 heteroatoms. The molecule has 2 N–H and O–H groups in total. The minimum Gasteiger partial charge on any atom is -0.378 e. The van der Waals surface area contributed by atoms with E-state index in [2.05, 4.69) is 24.9 Å². The van der Waals surface area contributed by atoms with E-state index in [4.69, 9.17) is 4.74 Å². The number of anilines is 1. The van der Waals surface area contributed by atoms with E-state index in [-0.39, 0.29) is 16.6 Å². The third-order valence-corrected chi connectivity index (χ3v) is 6.37. The molecule has 4 rings (SSSR count). The maximum absolute atomic E-state index is 12.5. The Balaban J connectivity index is 1.41. The maximum atomic E-state index is 12.5.